The number of rotatable bonds is 12. The third kappa shape index (κ3) is 6.07. The lowest BCUT2D eigenvalue weighted by atomic mass is 9.87. The molecule has 1 unspecified atom stereocenters. The molecule has 0 bridgehead atoms. The highest BCUT2D eigenvalue weighted by Crippen LogP contribution is 2.58. The molecule has 242 valence electrons. The molecule has 2 aliphatic rings. The Hall–Kier alpha value is -3.48. The number of unbranched alkanes of at least 4 members (excludes halogenated alkanes) is 1. The van der Waals surface area contributed by atoms with Crippen molar-refractivity contribution >= 4 is 11.9 Å². The number of carbonyl (C=O) groups is 2. The molecule has 44 heavy (non-hydrogen) atoms. The van der Waals surface area contributed by atoms with Crippen molar-refractivity contribution in [2.75, 3.05) is 19.8 Å². The second kappa shape index (κ2) is 12.5. The van der Waals surface area contributed by atoms with Gasteiger partial charge in [-0.05, 0) is 61.4 Å². The van der Waals surface area contributed by atoms with E-state index in [-0.39, 0.29) is 36.4 Å². The molecule has 7 nitrogen and oxygen atoms in total. The molecule has 1 atom stereocenters. The van der Waals surface area contributed by atoms with Gasteiger partial charge in [0.25, 0.3) is 11.5 Å². The first kappa shape index (κ1) is 33.4. The van der Waals surface area contributed by atoms with Crippen LogP contribution >= 0.6 is 0 Å². The zero-order chi connectivity index (χ0) is 32.5. The molecule has 3 amide bonds. The van der Waals surface area contributed by atoms with Crippen LogP contribution in [0.25, 0.3) is 0 Å². The number of amides is 3. The average molecular weight is 631 g/mol. The Morgan fingerprint density at radius 3 is 2.23 bits per heavy atom. The number of nitrogens with zero attached hydrogens (tertiary/aromatic N) is 1. The topological polar surface area (TPSA) is 77.1 Å². The van der Waals surface area contributed by atoms with E-state index in [1.165, 1.54) is 0 Å². The zero-order valence-corrected chi connectivity index (χ0v) is 25.0. The summed E-state index contributed by atoms with van der Waals surface area (Å²) >= 11 is 0. The Bertz CT molecular complexity index is 1350. The summed E-state index contributed by atoms with van der Waals surface area (Å²) in [4.78, 5) is 27.1. The molecule has 0 spiro atoms. The molecular formula is C31H36F6N2O5. The highest BCUT2D eigenvalue weighted by atomic mass is 19.4. The van der Waals surface area contributed by atoms with Crippen LogP contribution in [0.1, 0.15) is 69.2 Å². The van der Waals surface area contributed by atoms with Crippen LogP contribution in [0.5, 0.6) is 11.5 Å². The number of carbonyl (C=O) groups excluding carboxylic acids is 2. The van der Waals surface area contributed by atoms with Crippen LogP contribution in [0.15, 0.2) is 36.4 Å². The van der Waals surface area contributed by atoms with E-state index in [4.69, 9.17) is 9.47 Å². The molecule has 0 radical (unpaired) electrons. The molecule has 2 aliphatic heterocycles. The zero-order valence-electron chi connectivity index (χ0n) is 25.0. The van der Waals surface area contributed by atoms with Gasteiger partial charge in [0.1, 0.15) is 17.0 Å². The fourth-order valence-electron chi connectivity index (χ4n) is 5.51. The summed E-state index contributed by atoms with van der Waals surface area (Å²) in [6.45, 7) is 7.29. The standard InChI is InChI=1S/C31H36F6N2O5/c1-5-8-22-23-18-44-29(30(32,33)34,31(35,36)37)24(23)13-14-25(22)42-16-7-6-15-39-26(40)28(4,38-27(39)41)20-9-11-21(12-10-20)43-17-19(2)3/h9-14,19H,5-8,15-18H2,1-4H3,(H,38,41). The minimum absolute atomic E-state index is 0.0683. The fraction of sp³-hybridized carbons (Fsp3) is 0.548. The SMILES string of the molecule is CCCc1c(OCCCCN2C(=O)NC(C)(c3ccc(OCC(C)C)cc3)C2=O)ccc2c1COC2(C(F)(F)F)C(F)(F)F. The number of halogens is 6. The lowest BCUT2D eigenvalue weighted by molar-refractivity contribution is -0.385. The highest BCUT2D eigenvalue weighted by Gasteiger charge is 2.75. The molecule has 1 saturated heterocycles. The number of hydrogen-bond acceptors (Lipinski definition) is 5. The van der Waals surface area contributed by atoms with Crippen molar-refractivity contribution in [3.8, 4) is 11.5 Å². The summed E-state index contributed by atoms with van der Waals surface area (Å²) in [6, 6.07) is 8.29. The van der Waals surface area contributed by atoms with Crippen LogP contribution in [0.2, 0.25) is 0 Å². The van der Waals surface area contributed by atoms with E-state index in [1.807, 2.05) is 13.8 Å². The number of ether oxygens (including phenoxy) is 3. The van der Waals surface area contributed by atoms with E-state index in [1.54, 1.807) is 38.1 Å². The van der Waals surface area contributed by atoms with Crippen molar-refractivity contribution in [3.05, 3.63) is 58.7 Å². The largest absolute Gasteiger partial charge is 0.493 e. The second-order valence-electron chi connectivity index (χ2n) is 11.6. The Kier molecular flexibility index (Phi) is 9.48. The van der Waals surface area contributed by atoms with Gasteiger partial charge < -0.3 is 19.5 Å². The van der Waals surface area contributed by atoms with Crippen molar-refractivity contribution in [1.82, 2.24) is 10.2 Å². The Labute approximate surface area is 251 Å². The monoisotopic (exact) mass is 630 g/mol. The van der Waals surface area contributed by atoms with Crippen LogP contribution < -0.4 is 14.8 Å². The summed E-state index contributed by atoms with van der Waals surface area (Å²) in [6.07, 6.45) is -10.0. The number of fused-ring (bicyclic) bond motifs is 1. The van der Waals surface area contributed by atoms with Crippen LogP contribution in [-0.2, 0) is 33.7 Å². The van der Waals surface area contributed by atoms with Gasteiger partial charge in [0.2, 0.25) is 0 Å². The summed E-state index contributed by atoms with van der Waals surface area (Å²) in [7, 11) is 0. The highest BCUT2D eigenvalue weighted by molar-refractivity contribution is 6.07. The Balaban J connectivity index is 1.38. The first-order chi connectivity index (χ1) is 20.6. The number of imide groups is 1. The van der Waals surface area contributed by atoms with E-state index in [2.05, 4.69) is 10.1 Å². The van der Waals surface area contributed by atoms with Crippen molar-refractivity contribution < 1.29 is 50.1 Å². The second-order valence-corrected chi connectivity index (χ2v) is 11.6. The van der Waals surface area contributed by atoms with Gasteiger partial charge >= 0.3 is 18.4 Å². The number of nitrogens with one attached hydrogen (secondary N) is 1. The molecule has 2 heterocycles. The van der Waals surface area contributed by atoms with Gasteiger partial charge in [0, 0.05) is 17.7 Å². The molecule has 13 heteroatoms. The van der Waals surface area contributed by atoms with Crippen molar-refractivity contribution in [2.24, 2.45) is 5.92 Å². The van der Waals surface area contributed by atoms with Gasteiger partial charge in [-0.2, -0.15) is 26.3 Å². The smallest absolute Gasteiger partial charge is 0.430 e. The van der Waals surface area contributed by atoms with Crippen molar-refractivity contribution in [1.29, 1.82) is 0 Å². The molecule has 1 N–H and O–H groups in total. The predicted octanol–water partition coefficient (Wildman–Crippen LogP) is 7.15. The lowest BCUT2D eigenvalue weighted by Gasteiger charge is -2.33. The van der Waals surface area contributed by atoms with Gasteiger partial charge in [-0.3, -0.25) is 9.69 Å². The number of hydrogen-bond donors (Lipinski definition) is 1. The maximum Gasteiger partial charge on any atom is 0.430 e. The molecule has 2 aromatic carbocycles. The summed E-state index contributed by atoms with van der Waals surface area (Å²) in [5.74, 6) is 0.761. The minimum atomic E-state index is -5.71. The quantitative estimate of drug-likeness (QED) is 0.153. The summed E-state index contributed by atoms with van der Waals surface area (Å²) in [5.41, 5.74) is -5.94. The van der Waals surface area contributed by atoms with Crippen LogP contribution in [0, 0.1) is 5.92 Å². The molecule has 1 fully saturated rings. The predicted molar refractivity (Wildman–Crippen MR) is 148 cm³/mol. The van der Waals surface area contributed by atoms with Gasteiger partial charge in [-0.15, -0.1) is 0 Å². The average Bonchev–Trinajstić information content (AvgIpc) is 3.45. The van der Waals surface area contributed by atoms with Crippen LogP contribution in [0.3, 0.4) is 0 Å². The molecule has 2 aromatic rings. The van der Waals surface area contributed by atoms with E-state index >= 15 is 0 Å². The maximum absolute atomic E-state index is 13.8. The van der Waals surface area contributed by atoms with Gasteiger partial charge in [-0.1, -0.05) is 45.4 Å². The van der Waals surface area contributed by atoms with Crippen LogP contribution in [0.4, 0.5) is 31.1 Å². The Morgan fingerprint density at radius 2 is 1.64 bits per heavy atom. The molecule has 0 aromatic heterocycles. The Morgan fingerprint density at radius 1 is 0.977 bits per heavy atom. The first-order valence-electron chi connectivity index (χ1n) is 14.5. The van der Waals surface area contributed by atoms with E-state index in [0.29, 0.717) is 43.1 Å². The van der Waals surface area contributed by atoms with E-state index in [9.17, 15) is 35.9 Å². The fourth-order valence-corrected chi connectivity index (χ4v) is 5.51. The number of urea groups is 1. The molecule has 4 rings (SSSR count). The molecule has 0 saturated carbocycles. The lowest BCUT2D eigenvalue weighted by Crippen LogP contribution is -2.53. The third-order valence-corrected chi connectivity index (χ3v) is 7.82. The van der Waals surface area contributed by atoms with E-state index < -0.39 is 47.6 Å². The minimum Gasteiger partial charge on any atom is -0.493 e. The molecular weight excluding hydrogens is 594 g/mol. The number of benzene rings is 2. The summed E-state index contributed by atoms with van der Waals surface area (Å²) in [5, 5.41) is 2.75. The molecule has 0 aliphatic carbocycles. The van der Waals surface area contributed by atoms with Crippen LogP contribution in [-0.4, -0.2) is 48.9 Å². The van der Waals surface area contributed by atoms with Gasteiger partial charge in [0.05, 0.1) is 19.8 Å². The first-order valence-corrected chi connectivity index (χ1v) is 14.5. The van der Waals surface area contributed by atoms with Crippen molar-refractivity contribution in [3.63, 3.8) is 0 Å². The van der Waals surface area contributed by atoms with Gasteiger partial charge in [-0.25, -0.2) is 4.79 Å². The summed E-state index contributed by atoms with van der Waals surface area (Å²) < 4.78 is 98.5. The normalized spacial score (nSPS) is 19.8. The van der Waals surface area contributed by atoms with Crippen molar-refractivity contribution in [2.45, 2.75) is 83.5 Å². The van der Waals surface area contributed by atoms with Gasteiger partial charge in [0.15, 0.2) is 0 Å². The third-order valence-electron chi connectivity index (χ3n) is 7.82. The maximum atomic E-state index is 13.8. The van der Waals surface area contributed by atoms with E-state index in [0.717, 1.165) is 17.0 Å². The number of alkyl halides is 6.